The van der Waals surface area contributed by atoms with E-state index in [9.17, 15) is 4.79 Å². The van der Waals surface area contributed by atoms with Gasteiger partial charge in [0.15, 0.2) is 0 Å². The van der Waals surface area contributed by atoms with Crippen molar-refractivity contribution in [2.45, 2.75) is 33.1 Å². The second-order valence-electron chi connectivity index (χ2n) is 2.63. The number of carbonyl (C=O) groups is 1. The smallest absolute Gasteiger partial charge is 0.222 e. The summed E-state index contributed by atoms with van der Waals surface area (Å²) in [5, 5.41) is 0. The molecule has 1 rings (SSSR count). The lowest BCUT2D eigenvalue weighted by Crippen LogP contribution is -2.38. The van der Waals surface area contributed by atoms with Gasteiger partial charge < -0.3 is 10.6 Å². The van der Waals surface area contributed by atoms with Crippen molar-refractivity contribution >= 4 is 5.91 Å². The van der Waals surface area contributed by atoms with Gasteiger partial charge >= 0.3 is 0 Å². The van der Waals surface area contributed by atoms with Gasteiger partial charge in [0.05, 0.1) is 0 Å². The zero-order valence-electron chi connectivity index (χ0n) is 8.18. The van der Waals surface area contributed by atoms with Gasteiger partial charge in [0.1, 0.15) is 0 Å². The van der Waals surface area contributed by atoms with Crippen LogP contribution in [0.2, 0.25) is 0 Å². The second-order valence-corrected chi connectivity index (χ2v) is 2.63. The van der Waals surface area contributed by atoms with Crippen LogP contribution < -0.4 is 5.73 Å². The molecule has 0 spiro atoms. The molecule has 1 heterocycles. The van der Waals surface area contributed by atoms with Crippen molar-refractivity contribution in [3.8, 4) is 0 Å². The van der Waals surface area contributed by atoms with Crippen LogP contribution in [-0.2, 0) is 4.79 Å². The number of rotatable bonds is 2. The number of nitrogens with two attached hydrogens (primary N) is 1. The molecule has 0 radical (unpaired) electrons. The first kappa shape index (κ1) is 11.4. The average molecular weight is 172 g/mol. The van der Waals surface area contributed by atoms with Crippen LogP contribution in [0.15, 0.2) is 0 Å². The SMILES string of the molecule is CC.NCCN1CCCCC1=O. The van der Waals surface area contributed by atoms with Crippen LogP contribution in [0, 0.1) is 0 Å². The summed E-state index contributed by atoms with van der Waals surface area (Å²) >= 11 is 0. The molecule has 12 heavy (non-hydrogen) atoms. The summed E-state index contributed by atoms with van der Waals surface area (Å²) in [4.78, 5) is 12.9. The Balaban J connectivity index is 0.000000561. The molecule has 1 saturated heterocycles. The van der Waals surface area contributed by atoms with E-state index < -0.39 is 0 Å². The summed E-state index contributed by atoms with van der Waals surface area (Å²) in [6.45, 7) is 6.24. The molecule has 1 aliphatic rings. The van der Waals surface area contributed by atoms with Crippen molar-refractivity contribution in [1.29, 1.82) is 0 Å². The van der Waals surface area contributed by atoms with Gasteiger partial charge in [0, 0.05) is 26.1 Å². The van der Waals surface area contributed by atoms with E-state index in [4.69, 9.17) is 5.73 Å². The first-order valence-corrected chi connectivity index (χ1v) is 4.82. The summed E-state index contributed by atoms with van der Waals surface area (Å²) in [7, 11) is 0. The van der Waals surface area contributed by atoms with Crippen molar-refractivity contribution in [2.75, 3.05) is 19.6 Å². The Labute approximate surface area is 74.9 Å². The lowest BCUT2D eigenvalue weighted by Gasteiger charge is -2.25. The average Bonchev–Trinajstić information content (AvgIpc) is 2.13. The number of nitrogens with zero attached hydrogens (tertiary/aromatic N) is 1. The molecule has 0 aliphatic carbocycles. The molecule has 0 atom stereocenters. The van der Waals surface area contributed by atoms with Crippen LogP contribution in [0.25, 0.3) is 0 Å². The zero-order valence-corrected chi connectivity index (χ0v) is 8.18. The predicted molar refractivity (Wildman–Crippen MR) is 50.8 cm³/mol. The Bertz CT molecular complexity index is 124. The van der Waals surface area contributed by atoms with Crippen LogP contribution in [0.4, 0.5) is 0 Å². The summed E-state index contributed by atoms with van der Waals surface area (Å²) < 4.78 is 0. The highest BCUT2D eigenvalue weighted by Gasteiger charge is 2.15. The van der Waals surface area contributed by atoms with E-state index in [1.807, 2.05) is 18.7 Å². The minimum Gasteiger partial charge on any atom is -0.341 e. The van der Waals surface area contributed by atoms with Crippen LogP contribution in [0.3, 0.4) is 0 Å². The summed E-state index contributed by atoms with van der Waals surface area (Å²) in [6, 6.07) is 0. The molecule has 0 aromatic carbocycles. The third kappa shape index (κ3) is 3.72. The summed E-state index contributed by atoms with van der Waals surface area (Å²) in [6.07, 6.45) is 2.92. The van der Waals surface area contributed by atoms with Gasteiger partial charge in [-0.15, -0.1) is 0 Å². The maximum Gasteiger partial charge on any atom is 0.222 e. The standard InChI is InChI=1S/C7H14N2O.C2H6/c8-4-6-9-5-2-1-3-7(9)10;1-2/h1-6,8H2;1-2H3. The molecule has 0 unspecified atom stereocenters. The predicted octanol–water partition coefficient (Wildman–Crippen LogP) is 0.984. The van der Waals surface area contributed by atoms with Crippen LogP contribution in [0.1, 0.15) is 33.1 Å². The lowest BCUT2D eigenvalue weighted by molar-refractivity contribution is -0.133. The highest BCUT2D eigenvalue weighted by Crippen LogP contribution is 2.08. The van der Waals surface area contributed by atoms with E-state index in [1.54, 1.807) is 0 Å². The van der Waals surface area contributed by atoms with E-state index in [0.29, 0.717) is 6.54 Å². The van der Waals surface area contributed by atoms with Crippen molar-refractivity contribution in [1.82, 2.24) is 4.90 Å². The number of likely N-dealkylation sites (tertiary alicyclic amines) is 1. The van der Waals surface area contributed by atoms with Gasteiger partial charge in [-0.1, -0.05) is 13.8 Å². The van der Waals surface area contributed by atoms with E-state index in [-0.39, 0.29) is 5.91 Å². The van der Waals surface area contributed by atoms with Gasteiger partial charge in [-0.25, -0.2) is 0 Å². The lowest BCUT2D eigenvalue weighted by atomic mass is 10.1. The van der Waals surface area contributed by atoms with E-state index in [2.05, 4.69) is 0 Å². The molecular weight excluding hydrogens is 152 g/mol. The van der Waals surface area contributed by atoms with Crippen LogP contribution in [-0.4, -0.2) is 30.4 Å². The van der Waals surface area contributed by atoms with Gasteiger partial charge in [0.2, 0.25) is 5.91 Å². The fraction of sp³-hybridized carbons (Fsp3) is 0.889. The van der Waals surface area contributed by atoms with Crippen molar-refractivity contribution < 1.29 is 4.79 Å². The summed E-state index contributed by atoms with van der Waals surface area (Å²) in [5.41, 5.74) is 5.33. The molecular formula is C9H20N2O. The zero-order chi connectivity index (χ0) is 9.40. The number of amides is 1. The molecule has 0 saturated carbocycles. The molecule has 3 nitrogen and oxygen atoms in total. The molecule has 3 heteroatoms. The van der Waals surface area contributed by atoms with Crippen molar-refractivity contribution in [2.24, 2.45) is 5.73 Å². The molecule has 1 fully saturated rings. The molecule has 1 amide bonds. The number of piperidine rings is 1. The normalized spacial score (nSPS) is 16.9. The minimum absolute atomic E-state index is 0.275. The molecule has 72 valence electrons. The highest BCUT2D eigenvalue weighted by molar-refractivity contribution is 5.76. The highest BCUT2D eigenvalue weighted by atomic mass is 16.2. The Morgan fingerprint density at radius 2 is 2.08 bits per heavy atom. The maximum absolute atomic E-state index is 11.1. The molecule has 0 aromatic heterocycles. The van der Waals surface area contributed by atoms with Gasteiger partial charge in [-0.3, -0.25) is 4.79 Å². The topological polar surface area (TPSA) is 46.3 Å². The quantitative estimate of drug-likeness (QED) is 0.675. The molecule has 2 N–H and O–H groups in total. The Kier molecular flexibility index (Phi) is 6.76. The minimum atomic E-state index is 0.275. The summed E-state index contributed by atoms with van der Waals surface area (Å²) in [5.74, 6) is 0.275. The Hall–Kier alpha value is -0.570. The van der Waals surface area contributed by atoms with Crippen LogP contribution in [0.5, 0.6) is 0 Å². The van der Waals surface area contributed by atoms with Gasteiger partial charge in [0.25, 0.3) is 0 Å². The fourth-order valence-corrected chi connectivity index (χ4v) is 1.25. The molecule has 0 bridgehead atoms. The Morgan fingerprint density at radius 3 is 2.58 bits per heavy atom. The van der Waals surface area contributed by atoms with Gasteiger partial charge in [-0.2, -0.15) is 0 Å². The largest absolute Gasteiger partial charge is 0.341 e. The number of carbonyl (C=O) groups excluding carboxylic acids is 1. The van der Waals surface area contributed by atoms with Crippen molar-refractivity contribution in [3.05, 3.63) is 0 Å². The van der Waals surface area contributed by atoms with Gasteiger partial charge in [-0.05, 0) is 12.8 Å². The number of hydrogen-bond donors (Lipinski definition) is 1. The third-order valence-corrected chi connectivity index (χ3v) is 1.82. The maximum atomic E-state index is 11.1. The Morgan fingerprint density at radius 1 is 1.42 bits per heavy atom. The first-order chi connectivity index (χ1) is 5.84. The number of hydrogen-bond acceptors (Lipinski definition) is 2. The molecule has 0 aromatic rings. The molecule has 1 aliphatic heterocycles. The van der Waals surface area contributed by atoms with E-state index in [1.165, 1.54) is 0 Å². The van der Waals surface area contributed by atoms with E-state index >= 15 is 0 Å². The van der Waals surface area contributed by atoms with E-state index in [0.717, 1.165) is 32.4 Å². The van der Waals surface area contributed by atoms with Crippen LogP contribution >= 0.6 is 0 Å². The third-order valence-electron chi connectivity index (χ3n) is 1.82. The van der Waals surface area contributed by atoms with Crippen molar-refractivity contribution in [3.63, 3.8) is 0 Å². The monoisotopic (exact) mass is 172 g/mol. The second kappa shape index (κ2) is 7.10. The first-order valence-electron chi connectivity index (χ1n) is 4.82. The fourth-order valence-electron chi connectivity index (χ4n) is 1.25.